The van der Waals surface area contributed by atoms with Gasteiger partial charge >= 0.3 is 0 Å². The molecule has 0 spiro atoms. The van der Waals surface area contributed by atoms with Gasteiger partial charge in [0, 0.05) is 38.1 Å². The molecule has 0 aromatic heterocycles. The Bertz CT molecular complexity index is 102. The Morgan fingerprint density at radius 1 is 1.45 bits per heavy atom. The van der Waals surface area contributed by atoms with Crippen LogP contribution in [0.25, 0.3) is 0 Å². The molecule has 1 aliphatic rings. The van der Waals surface area contributed by atoms with Gasteiger partial charge in [-0.3, -0.25) is 4.90 Å². The summed E-state index contributed by atoms with van der Waals surface area (Å²) < 4.78 is 0. The van der Waals surface area contributed by atoms with E-state index >= 15 is 0 Å². The van der Waals surface area contributed by atoms with Gasteiger partial charge in [-0.1, -0.05) is 6.92 Å². The van der Waals surface area contributed by atoms with E-state index in [9.17, 15) is 0 Å². The Morgan fingerprint density at radius 3 is 2.64 bits per heavy atom. The number of hydrogen-bond acceptors (Lipinski definition) is 2. The van der Waals surface area contributed by atoms with E-state index in [1.807, 2.05) is 0 Å². The smallest absolute Gasteiger partial charge is 0.0460 e. The van der Waals surface area contributed by atoms with Crippen molar-refractivity contribution < 1.29 is 0 Å². The number of piperazine rings is 1. The van der Waals surface area contributed by atoms with E-state index in [2.05, 4.69) is 17.1 Å². The van der Waals surface area contributed by atoms with Gasteiger partial charge in [0.05, 0.1) is 0 Å². The SMILES string of the molecule is CCC(Cl)CN1CCNCC1. The number of rotatable bonds is 3. The fourth-order valence-electron chi connectivity index (χ4n) is 1.30. The maximum Gasteiger partial charge on any atom is 0.0460 e. The van der Waals surface area contributed by atoms with Crippen molar-refractivity contribution in [3.05, 3.63) is 0 Å². The van der Waals surface area contributed by atoms with E-state index in [-0.39, 0.29) is 0 Å². The van der Waals surface area contributed by atoms with Gasteiger partial charge in [0.15, 0.2) is 0 Å². The largest absolute Gasteiger partial charge is 0.314 e. The predicted octanol–water partition coefficient (Wildman–Crippen LogP) is 0.909. The number of nitrogens with one attached hydrogen (secondary N) is 1. The molecule has 1 unspecified atom stereocenters. The molecule has 0 aliphatic carbocycles. The van der Waals surface area contributed by atoms with Crippen molar-refractivity contribution in [2.24, 2.45) is 0 Å². The van der Waals surface area contributed by atoms with Crippen molar-refractivity contribution in [3.63, 3.8) is 0 Å². The van der Waals surface area contributed by atoms with E-state index in [1.54, 1.807) is 0 Å². The van der Waals surface area contributed by atoms with Gasteiger partial charge in [0.2, 0.25) is 0 Å². The van der Waals surface area contributed by atoms with Gasteiger partial charge in [-0.2, -0.15) is 0 Å². The van der Waals surface area contributed by atoms with Crippen LogP contribution in [0.15, 0.2) is 0 Å². The second-order valence-corrected chi connectivity index (χ2v) is 3.67. The zero-order chi connectivity index (χ0) is 8.10. The molecule has 0 amide bonds. The molecular formula is C8H17ClN2. The molecular weight excluding hydrogens is 160 g/mol. The number of hydrogen-bond donors (Lipinski definition) is 1. The second kappa shape index (κ2) is 4.96. The highest BCUT2D eigenvalue weighted by Gasteiger charge is 2.12. The molecule has 3 heteroatoms. The molecule has 0 aromatic rings. The van der Waals surface area contributed by atoms with Crippen LogP contribution in [0.4, 0.5) is 0 Å². The second-order valence-electron chi connectivity index (χ2n) is 3.06. The van der Waals surface area contributed by atoms with Crippen molar-refractivity contribution >= 4 is 11.6 Å². The summed E-state index contributed by atoms with van der Waals surface area (Å²) in [7, 11) is 0. The standard InChI is InChI=1S/C8H17ClN2/c1-2-8(9)7-11-5-3-10-4-6-11/h8,10H,2-7H2,1H3. The molecule has 1 atom stereocenters. The molecule has 1 fully saturated rings. The van der Waals surface area contributed by atoms with Crippen molar-refractivity contribution in [3.8, 4) is 0 Å². The van der Waals surface area contributed by atoms with Gasteiger partial charge in [-0.25, -0.2) is 0 Å². The Hall–Kier alpha value is 0.210. The van der Waals surface area contributed by atoms with Gasteiger partial charge in [0.25, 0.3) is 0 Å². The molecule has 1 saturated heterocycles. The topological polar surface area (TPSA) is 15.3 Å². The van der Waals surface area contributed by atoms with Crippen LogP contribution in [-0.4, -0.2) is 43.0 Å². The van der Waals surface area contributed by atoms with E-state index in [4.69, 9.17) is 11.6 Å². The number of nitrogens with zero attached hydrogens (tertiary/aromatic N) is 1. The zero-order valence-corrected chi connectivity index (χ0v) is 7.90. The Labute approximate surface area is 73.9 Å². The van der Waals surface area contributed by atoms with Crippen LogP contribution in [0.5, 0.6) is 0 Å². The normalized spacial score (nSPS) is 23.5. The maximum absolute atomic E-state index is 6.04. The van der Waals surface area contributed by atoms with Crippen LogP contribution in [-0.2, 0) is 0 Å². The molecule has 2 nitrogen and oxygen atoms in total. The zero-order valence-electron chi connectivity index (χ0n) is 7.15. The molecule has 1 N–H and O–H groups in total. The van der Waals surface area contributed by atoms with Crippen molar-refractivity contribution in [1.82, 2.24) is 10.2 Å². The summed E-state index contributed by atoms with van der Waals surface area (Å²) in [6.07, 6.45) is 1.07. The number of alkyl halides is 1. The third-order valence-corrected chi connectivity index (χ3v) is 2.56. The lowest BCUT2D eigenvalue weighted by Crippen LogP contribution is -2.45. The number of halogens is 1. The lowest BCUT2D eigenvalue weighted by Gasteiger charge is -2.28. The summed E-state index contributed by atoms with van der Waals surface area (Å²) >= 11 is 6.04. The van der Waals surface area contributed by atoms with Gasteiger partial charge < -0.3 is 5.32 Å². The lowest BCUT2D eigenvalue weighted by atomic mass is 10.3. The van der Waals surface area contributed by atoms with Crippen LogP contribution in [0, 0.1) is 0 Å². The summed E-state index contributed by atoms with van der Waals surface area (Å²) in [6, 6.07) is 0. The molecule has 0 radical (unpaired) electrons. The first-order valence-electron chi connectivity index (χ1n) is 4.40. The predicted molar refractivity (Wildman–Crippen MR) is 49.2 cm³/mol. The van der Waals surface area contributed by atoms with Crippen LogP contribution < -0.4 is 5.32 Å². The van der Waals surface area contributed by atoms with E-state index in [0.717, 1.165) is 39.1 Å². The van der Waals surface area contributed by atoms with Crippen LogP contribution in [0.3, 0.4) is 0 Å². The van der Waals surface area contributed by atoms with E-state index < -0.39 is 0 Å². The van der Waals surface area contributed by atoms with Gasteiger partial charge in [0.1, 0.15) is 0 Å². The summed E-state index contributed by atoms with van der Waals surface area (Å²) in [5, 5.41) is 3.66. The van der Waals surface area contributed by atoms with E-state index in [1.165, 1.54) is 0 Å². The Balaban J connectivity index is 2.13. The third kappa shape index (κ3) is 3.41. The third-order valence-electron chi connectivity index (χ3n) is 2.11. The molecule has 1 heterocycles. The highest BCUT2D eigenvalue weighted by molar-refractivity contribution is 6.20. The molecule has 1 rings (SSSR count). The molecule has 0 aromatic carbocycles. The summed E-state index contributed by atoms with van der Waals surface area (Å²) in [4.78, 5) is 2.43. The van der Waals surface area contributed by atoms with Crippen molar-refractivity contribution in [2.45, 2.75) is 18.7 Å². The highest BCUT2D eigenvalue weighted by atomic mass is 35.5. The van der Waals surface area contributed by atoms with Crippen LogP contribution in [0.2, 0.25) is 0 Å². The molecule has 1 aliphatic heterocycles. The maximum atomic E-state index is 6.04. The summed E-state index contributed by atoms with van der Waals surface area (Å²) in [5.74, 6) is 0. The first-order chi connectivity index (χ1) is 5.33. The summed E-state index contributed by atoms with van der Waals surface area (Å²) in [5.41, 5.74) is 0. The Kier molecular flexibility index (Phi) is 4.20. The highest BCUT2D eigenvalue weighted by Crippen LogP contribution is 2.04. The van der Waals surface area contributed by atoms with Crippen LogP contribution in [0.1, 0.15) is 13.3 Å². The average molecular weight is 177 g/mol. The van der Waals surface area contributed by atoms with Gasteiger partial charge in [-0.15, -0.1) is 11.6 Å². The fraction of sp³-hybridized carbons (Fsp3) is 1.00. The summed E-state index contributed by atoms with van der Waals surface area (Å²) in [6.45, 7) is 7.74. The fourth-order valence-corrected chi connectivity index (χ4v) is 1.50. The van der Waals surface area contributed by atoms with Gasteiger partial charge in [-0.05, 0) is 6.42 Å². The molecule has 0 saturated carbocycles. The minimum absolute atomic E-state index is 0.341. The van der Waals surface area contributed by atoms with Crippen molar-refractivity contribution in [1.29, 1.82) is 0 Å². The van der Waals surface area contributed by atoms with E-state index in [0.29, 0.717) is 5.38 Å². The lowest BCUT2D eigenvalue weighted by molar-refractivity contribution is 0.239. The van der Waals surface area contributed by atoms with Crippen molar-refractivity contribution in [2.75, 3.05) is 32.7 Å². The minimum atomic E-state index is 0.341. The minimum Gasteiger partial charge on any atom is -0.314 e. The quantitative estimate of drug-likeness (QED) is 0.644. The first kappa shape index (κ1) is 9.30. The molecule has 66 valence electrons. The van der Waals surface area contributed by atoms with Crippen LogP contribution >= 0.6 is 11.6 Å². The molecule has 0 bridgehead atoms. The Morgan fingerprint density at radius 2 is 2.09 bits per heavy atom. The monoisotopic (exact) mass is 176 g/mol. The first-order valence-corrected chi connectivity index (χ1v) is 4.83. The average Bonchev–Trinajstić information content (AvgIpc) is 2.06. The molecule has 11 heavy (non-hydrogen) atoms.